The summed E-state index contributed by atoms with van der Waals surface area (Å²) >= 11 is 12.0. The lowest BCUT2D eigenvalue weighted by Crippen LogP contribution is -2.39. The molecule has 0 unspecified atom stereocenters. The maximum atomic E-state index is 12.3. The van der Waals surface area contributed by atoms with Crippen LogP contribution in [-0.2, 0) is 14.8 Å². The number of anilines is 1. The van der Waals surface area contributed by atoms with Crippen molar-refractivity contribution in [3.05, 3.63) is 28.2 Å². The standard InChI is InChI=1S/C15H20Cl2N2O3S/c1-23(21,22)19(14-11-12(16)5-6-13(14)17)10-7-15(20)18-8-3-2-4-9-18/h5-6,11H,2-4,7-10H2,1H3. The van der Waals surface area contributed by atoms with Crippen LogP contribution in [0.25, 0.3) is 0 Å². The molecule has 1 aliphatic heterocycles. The van der Waals surface area contributed by atoms with Gasteiger partial charge >= 0.3 is 0 Å². The van der Waals surface area contributed by atoms with Crippen LogP contribution in [0.15, 0.2) is 18.2 Å². The molecule has 0 saturated carbocycles. The number of halogens is 2. The molecule has 8 heteroatoms. The van der Waals surface area contributed by atoms with Crippen molar-refractivity contribution >= 4 is 44.8 Å². The first-order chi connectivity index (χ1) is 10.8. The zero-order valence-electron chi connectivity index (χ0n) is 13.0. The molecule has 0 aromatic heterocycles. The molecule has 5 nitrogen and oxygen atoms in total. The highest BCUT2D eigenvalue weighted by Crippen LogP contribution is 2.30. The molecule has 128 valence electrons. The van der Waals surface area contributed by atoms with Gasteiger partial charge in [-0.05, 0) is 37.5 Å². The number of sulfonamides is 1. The van der Waals surface area contributed by atoms with Gasteiger partial charge in [0.05, 0.1) is 17.0 Å². The predicted octanol–water partition coefficient (Wildman–Crippen LogP) is 3.16. The van der Waals surface area contributed by atoms with E-state index < -0.39 is 10.0 Å². The number of likely N-dealkylation sites (tertiary alicyclic amines) is 1. The number of rotatable bonds is 5. The number of hydrogen-bond acceptors (Lipinski definition) is 3. The molecule has 1 aliphatic rings. The van der Waals surface area contributed by atoms with Crippen molar-refractivity contribution < 1.29 is 13.2 Å². The Morgan fingerprint density at radius 3 is 2.48 bits per heavy atom. The van der Waals surface area contributed by atoms with Gasteiger partial charge in [-0.15, -0.1) is 0 Å². The molecule has 1 aromatic rings. The lowest BCUT2D eigenvalue weighted by Gasteiger charge is -2.28. The van der Waals surface area contributed by atoms with Gasteiger partial charge in [-0.2, -0.15) is 0 Å². The minimum Gasteiger partial charge on any atom is -0.343 e. The van der Waals surface area contributed by atoms with Crippen molar-refractivity contribution in [3.63, 3.8) is 0 Å². The molecule has 1 fully saturated rings. The molecule has 1 saturated heterocycles. The Labute approximate surface area is 147 Å². The number of piperidine rings is 1. The second kappa shape index (κ2) is 7.73. The van der Waals surface area contributed by atoms with Crippen LogP contribution in [-0.4, -0.2) is 45.1 Å². The molecule has 1 heterocycles. The van der Waals surface area contributed by atoms with Gasteiger partial charge in [-0.25, -0.2) is 8.42 Å². The monoisotopic (exact) mass is 378 g/mol. The zero-order chi connectivity index (χ0) is 17.0. The lowest BCUT2D eigenvalue weighted by molar-refractivity contribution is -0.131. The first kappa shape index (κ1) is 18.4. The normalized spacial score (nSPS) is 15.5. The highest BCUT2D eigenvalue weighted by molar-refractivity contribution is 7.92. The van der Waals surface area contributed by atoms with E-state index in [4.69, 9.17) is 23.2 Å². The van der Waals surface area contributed by atoms with Gasteiger partial charge in [0.1, 0.15) is 0 Å². The molecule has 0 atom stereocenters. The number of carbonyl (C=O) groups is 1. The Kier molecular flexibility index (Phi) is 6.17. The maximum Gasteiger partial charge on any atom is 0.232 e. The molecular weight excluding hydrogens is 359 g/mol. The van der Waals surface area contributed by atoms with E-state index in [9.17, 15) is 13.2 Å². The summed E-state index contributed by atoms with van der Waals surface area (Å²) in [4.78, 5) is 14.1. The highest BCUT2D eigenvalue weighted by Gasteiger charge is 2.23. The molecule has 1 aromatic carbocycles. The molecule has 0 aliphatic carbocycles. The van der Waals surface area contributed by atoms with Gasteiger partial charge < -0.3 is 4.90 Å². The summed E-state index contributed by atoms with van der Waals surface area (Å²) < 4.78 is 25.3. The summed E-state index contributed by atoms with van der Waals surface area (Å²) in [6.45, 7) is 1.54. The van der Waals surface area contributed by atoms with Crippen molar-refractivity contribution in [1.29, 1.82) is 0 Å². The molecule has 0 N–H and O–H groups in total. The van der Waals surface area contributed by atoms with Gasteiger partial charge in [0.2, 0.25) is 15.9 Å². The molecule has 1 amide bonds. The van der Waals surface area contributed by atoms with Crippen molar-refractivity contribution in [2.75, 3.05) is 30.2 Å². The zero-order valence-corrected chi connectivity index (χ0v) is 15.3. The Bertz CT molecular complexity index is 673. The fraction of sp³-hybridized carbons (Fsp3) is 0.533. The second-order valence-corrected chi connectivity index (χ2v) is 8.37. The molecule has 0 spiro atoms. The van der Waals surface area contributed by atoms with Crippen LogP contribution in [0.2, 0.25) is 10.0 Å². The van der Waals surface area contributed by atoms with Crippen LogP contribution < -0.4 is 4.31 Å². The summed E-state index contributed by atoms with van der Waals surface area (Å²) in [6.07, 6.45) is 4.35. The summed E-state index contributed by atoms with van der Waals surface area (Å²) in [5.74, 6) is -0.0310. The van der Waals surface area contributed by atoms with Crippen LogP contribution in [0.4, 0.5) is 5.69 Å². The minimum absolute atomic E-state index is 0.0310. The van der Waals surface area contributed by atoms with Gasteiger partial charge in [-0.1, -0.05) is 23.2 Å². The van der Waals surface area contributed by atoms with E-state index in [-0.39, 0.29) is 23.9 Å². The summed E-state index contributed by atoms with van der Waals surface area (Å²) in [5, 5.41) is 0.672. The molecule has 23 heavy (non-hydrogen) atoms. The number of benzene rings is 1. The molecular formula is C15H20Cl2N2O3S. The summed E-state index contributed by atoms with van der Waals surface area (Å²) in [6, 6.07) is 4.63. The van der Waals surface area contributed by atoms with E-state index in [1.54, 1.807) is 17.0 Å². The van der Waals surface area contributed by atoms with E-state index in [1.807, 2.05) is 0 Å². The quantitative estimate of drug-likeness (QED) is 0.790. The van der Waals surface area contributed by atoms with Crippen LogP contribution in [0, 0.1) is 0 Å². The second-order valence-electron chi connectivity index (χ2n) is 5.62. The number of nitrogens with zero attached hydrogens (tertiary/aromatic N) is 2. The van der Waals surface area contributed by atoms with E-state index >= 15 is 0 Å². The number of amides is 1. The lowest BCUT2D eigenvalue weighted by atomic mass is 10.1. The van der Waals surface area contributed by atoms with Gasteiger partial charge in [-0.3, -0.25) is 9.10 Å². The molecule has 2 rings (SSSR count). The number of carbonyl (C=O) groups excluding carboxylic acids is 1. The van der Waals surface area contributed by atoms with Gasteiger partial charge in [0, 0.05) is 31.1 Å². The summed E-state index contributed by atoms with van der Waals surface area (Å²) in [7, 11) is -3.56. The first-order valence-electron chi connectivity index (χ1n) is 7.49. The van der Waals surface area contributed by atoms with E-state index in [0.717, 1.165) is 42.9 Å². The Hall–Kier alpha value is -0.980. The minimum atomic E-state index is -3.56. The Morgan fingerprint density at radius 1 is 1.22 bits per heavy atom. The third kappa shape index (κ3) is 4.99. The third-order valence-corrected chi connectivity index (χ3v) is 5.55. The number of hydrogen-bond donors (Lipinski definition) is 0. The smallest absolute Gasteiger partial charge is 0.232 e. The Balaban J connectivity index is 2.14. The van der Waals surface area contributed by atoms with Crippen LogP contribution in [0.5, 0.6) is 0 Å². The van der Waals surface area contributed by atoms with E-state index in [0.29, 0.717) is 10.7 Å². The topological polar surface area (TPSA) is 57.7 Å². The predicted molar refractivity (Wildman–Crippen MR) is 93.7 cm³/mol. The van der Waals surface area contributed by atoms with Crippen molar-refractivity contribution in [2.24, 2.45) is 0 Å². The SMILES string of the molecule is CS(=O)(=O)N(CCC(=O)N1CCCCC1)c1cc(Cl)ccc1Cl. The fourth-order valence-corrected chi connectivity index (χ4v) is 4.01. The molecule has 0 radical (unpaired) electrons. The molecule has 0 bridgehead atoms. The fourth-order valence-electron chi connectivity index (χ4n) is 2.64. The van der Waals surface area contributed by atoms with Gasteiger partial charge in [0.15, 0.2) is 0 Å². The maximum absolute atomic E-state index is 12.3. The average Bonchev–Trinajstić information content (AvgIpc) is 2.50. The van der Waals surface area contributed by atoms with Crippen LogP contribution in [0.3, 0.4) is 0 Å². The van der Waals surface area contributed by atoms with E-state index in [1.165, 1.54) is 6.07 Å². The summed E-state index contributed by atoms with van der Waals surface area (Å²) in [5.41, 5.74) is 0.299. The highest BCUT2D eigenvalue weighted by atomic mass is 35.5. The van der Waals surface area contributed by atoms with Crippen LogP contribution >= 0.6 is 23.2 Å². The van der Waals surface area contributed by atoms with Crippen molar-refractivity contribution in [2.45, 2.75) is 25.7 Å². The van der Waals surface area contributed by atoms with Gasteiger partial charge in [0.25, 0.3) is 0 Å². The Morgan fingerprint density at radius 2 is 1.87 bits per heavy atom. The largest absolute Gasteiger partial charge is 0.343 e. The first-order valence-corrected chi connectivity index (χ1v) is 10.1. The van der Waals surface area contributed by atoms with Crippen LogP contribution in [0.1, 0.15) is 25.7 Å². The van der Waals surface area contributed by atoms with Crippen molar-refractivity contribution in [3.8, 4) is 0 Å². The average molecular weight is 379 g/mol. The van der Waals surface area contributed by atoms with E-state index in [2.05, 4.69) is 0 Å². The van der Waals surface area contributed by atoms with Crippen molar-refractivity contribution in [1.82, 2.24) is 4.90 Å². The third-order valence-electron chi connectivity index (χ3n) is 3.81.